The average molecular weight is 542 g/mol. The number of fused-ring (bicyclic) bond motifs is 1. The van der Waals surface area contributed by atoms with Gasteiger partial charge in [-0.2, -0.15) is 0 Å². The quantitative estimate of drug-likeness (QED) is 0.265. The first-order valence-electron chi connectivity index (χ1n) is 11.2. The number of carbonyl (C=O) groups excluding carboxylic acids is 1. The highest BCUT2D eigenvalue weighted by molar-refractivity contribution is 6.39. The zero-order valence-corrected chi connectivity index (χ0v) is 21.8. The second-order valence-corrected chi connectivity index (χ2v) is 10.3. The monoisotopic (exact) mass is 540 g/mol. The van der Waals surface area contributed by atoms with Gasteiger partial charge in [-0.25, -0.2) is 9.78 Å². The van der Waals surface area contributed by atoms with Crippen LogP contribution in [0.3, 0.4) is 0 Å². The minimum atomic E-state index is -1.11. The maximum atomic E-state index is 13.1. The molecule has 1 atom stereocenters. The topological polar surface area (TPSA) is 79.3 Å². The van der Waals surface area contributed by atoms with Gasteiger partial charge in [0.25, 0.3) is 0 Å². The van der Waals surface area contributed by atoms with Crippen molar-refractivity contribution in [3.8, 4) is 11.3 Å². The zero-order valence-electron chi connectivity index (χ0n) is 19.6. The number of amides is 1. The number of nitrogens with one attached hydrogen (secondary N) is 1. The minimum absolute atomic E-state index is 0.117. The molecule has 1 aromatic heterocycles. The SMILES string of the molecule is CC(C)(C(=O)N[C@H](Cc1ccc2nc(-c3c(Cl)cccc3Cl)ccc2c1)C(=O)O)c1ccc(Cl)cc1. The Morgan fingerprint density at radius 3 is 2.25 bits per heavy atom. The van der Waals surface area contributed by atoms with Crippen LogP contribution in [0.15, 0.2) is 72.8 Å². The standard InChI is InChI=1S/C28H23Cl3N2O3/c1-28(2,18-8-10-19(29)11-9-18)27(36)33-24(26(34)35)15-16-6-12-22-17(14-16)7-13-23(32-22)25-20(30)4-3-5-21(25)31/h3-14,24H,15H2,1-2H3,(H,33,36)(H,34,35)/t24-/m1/s1. The molecule has 0 saturated heterocycles. The second kappa shape index (κ2) is 10.5. The summed E-state index contributed by atoms with van der Waals surface area (Å²) in [5.41, 5.74) is 2.56. The number of halogens is 3. The van der Waals surface area contributed by atoms with Crippen molar-refractivity contribution in [3.63, 3.8) is 0 Å². The lowest BCUT2D eigenvalue weighted by Crippen LogP contribution is -2.49. The summed E-state index contributed by atoms with van der Waals surface area (Å²) in [5.74, 6) is -1.50. The van der Waals surface area contributed by atoms with Crippen LogP contribution in [0.25, 0.3) is 22.2 Å². The van der Waals surface area contributed by atoms with E-state index in [0.717, 1.165) is 16.5 Å². The van der Waals surface area contributed by atoms with E-state index in [-0.39, 0.29) is 12.3 Å². The maximum absolute atomic E-state index is 13.1. The smallest absolute Gasteiger partial charge is 0.326 e. The van der Waals surface area contributed by atoms with E-state index in [2.05, 4.69) is 10.3 Å². The van der Waals surface area contributed by atoms with E-state index in [1.54, 1.807) is 62.4 Å². The van der Waals surface area contributed by atoms with Gasteiger partial charge < -0.3 is 10.4 Å². The summed E-state index contributed by atoms with van der Waals surface area (Å²) in [4.78, 5) is 29.7. The van der Waals surface area contributed by atoms with E-state index < -0.39 is 17.4 Å². The third-order valence-electron chi connectivity index (χ3n) is 6.15. The van der Waals surface area contributed by atoms with E-state index in [1.807, 2.05) is 24.3 Å². The van der Waals surface area contributed by atoms with E-state index in [4.69, 9.17) is 34.8 Å². The van der Waals surface area contributed by atoms with Crippen LogP contribution in [0, 0.1) is 0 Å². The summed E-state index contributed by atoms with van der Waals surface area (Å²) in [7, 11) is 0. The average Bonchev–Trinajstić information content (AvgIpc) is 2.83. The highest BCUT2D eigenvalue weighted by atomic mass is 35.5. The van der Waals surface area contributed by atoms with Gasteiger partial charge in [0, 0.05) is 22.4 Å². The van der Waals surface area contributed by atoms with E-state index in [9.17, 15) is 14.7 Å². The maximum Gasteiger partial charge on any atom is 0.326 e. The molecule has 0 saturated carbocycles. The molecule has 0 bridgehead atoms. The number of pyridine rings is 1. The Hall–Kier alpha value is -3.12. The fraction of sp³-hybridized carbons (Fsp3) is 0.179. The van der Waals surface area contributed by atoms with Crippen molar-refractivity contribution in [3.05, 3.63) is 99.0 Å². The lowest BCUT2D eigenvalue weighted by atomic mass is 9.83. The lowest BCUT2D eigenvalue weighted by molar-refractivity contribution is -0.142. The Kier molecular flexibility index (Phi) is 7.55. The molecule has 4 rings (SSSR count). The van der Waals surface area contributed by atoms with Crippen molar-refractivity contribution < 1.29 is 14.7 Å². The highest BCUT2D eigenvalue weighted by Crippen LogP contribution is 2.34. The molecule has 3 aromatic carbocycles. The van der Waals surface area contributed by atoms with Crippen LogP contribution in [-0.2, 0) is 21.4 Å². The van der Waals surface area contributed by atoms with Crippen molar-refractivity contribution in [2.24, 2.45) is 0 Å². The summed E-state index contributed by atoms with van der Waals surface area (Å²) in [5, 5.41) is 14.9. The van der Waals surface area contributed by atoms with E-state index >= 15 is 0 Å². The van der Waals surface area contributed by atoms with Gasteiger partial charge in [0.15, 0.2) is 0 Å². The normalized spacial score (nSPS) is 12.4. The first-order chi connectivity index (χ1) is 17.1. The Labute approximate surface area is 224 Å². The number of aliphatic carboxylic acids is 1. The predicted octanol–water partition coefficient (Wildman–Crippen LogP) is 6.95. The molecule has 0 aliphatic carbocycles. The number of carboxylic acids is 1. The Morgan fingerprint density at radius 2 is 1.61 bits per heavy atom. The molecule has 0 unspecified atom stereocenters. The van der Waals surface area contributed by atoms with Crippen LogP contribution in [0.5, 0.6) is 0 Å². The van der Waals surface area contributed by atoms with Crippen molar-refractivity contribution in [1.29, 1.82) is 0 Å². The van der Waals surface area contributed by atoms with Crippen LogP contribution in [0.2, 0.25) is 15.1 Å². The van der Waals surface area contributed by atoms with Gasteiger partial charge in [0.05, 0.1) is 26.7 Å². The number of nitrogens with zero attached hydrogens (tertiary/aromatic N) is 1. The second-order valence-electron chi connectivity index (χ2n) is 9.02. The third-order valence-corrected chi connectivity index (χ3v) is 7.03. The molecular formula is C28H23Cl3N2O3. The lowest BCUT2D eigenvalue weighted by Gasteiger charge is -2.26. The Bertz CT molecular complexity index is 1430. The zero-order chi connectivity index (χ0) is 26.0. The molecule has 0 aliphatic rings. The predicted molar refractivity (Wildman–Crippen MR) is 145 cm³/mol. The molecule has 184 valence electrons. The molecule has 2 N–H and O–H groups in total. The summed E-state index contributed by atoms with van der Waals surface area (Å²) in [6.07, 6.45) is 0.117. The summed E-state index contributed by atoms with van der Waals surface area (Å²) in [6, 6.07) is 20.3. The molecule has 0 spiro atoms. The minimum Gasteiger partial charge on any atom is -0.480 e. The highest BCUT2D eigenvalue weighted by Gasteiger charge is 2.33. The van der Waals surface area contributed by atoms with Gasteiger partial charge in [-0.15, -0.1) is 0 Å². The molecular weight excluding hydrogens is 519 g/mol. The number of hydrogen-bond donors (Lipinski definition) is 2. The summed E-state index contributed by atoms with van der Waals surface area (Å²) >= 11 is 18.6. The number of carboxylic acid groups (broad SMARTS) is 1. The fourth-order valence-electron chi connectivity index (χ4n) is 3.96. The molecule has 0 radical (unpaired) electrons. The largest absolute Gasteiger partial charge is 0.480 e. The molecule has 0 fully saturated rings. The Balaban J connectivity index is 1.55. The van der Waals surface area contributed by atoms with Crippen molar-refractivity contribution in [2.45, 2.75) is 31.7 Å². The third kappa shape index (κ3) is 5.49. The van der Waals surface area contributed by atoms with Crippen molar-refractivity contribution in [2.75, 3.05) is 0 Å². The van der Waals surface area contributed by atoms with Crippen molar-refractivity contribution >= 4 is 57.6 Å². The van der Waals surface area contributed by atoms with E-state index in [0.29, 0.717) is 31.8 Å². The van der Waals surface area contributed by atoms with Crippen LogP contribution in [0.4, 0.5) is 0 Å². The molecule has 5 nitrogen and oxygen atoms in total. The van der Waals surface area contributed by atoms with Gasteiger partial charge in [0.1, 0.15) is 6.04 Å². The fourth-order valence-corrected chi connectivity index (χ4v) is 4.67. The summed E-state index contributed by atoms with van der Waals surface area (Å²) in [6.45, 7) is 3.49. The first-order valence-corrected chi connectivity index (χ1v) is 12.3. The molecule has 1 amide bonds. The molecule has 1 heterocycles. The number of hydrogen-bond acceptors (Lipinski definition) is 3. The van der Waals surface area contributed by atoms with Crippen LogP contribution in [-0.4, -0.2) is 28.0 Å². The molecule has 8 heteroatoms. The Morgan fingerprint density at radius 1 is 0.944 bits per heavy atom. The molecule has 4 aromatic rings. The van der Waals surface area contributed by atoms with E-state index in [1.165, 1.54) is 0 Å². The molecule has 0 aliphatic heterocycles. The number of carbonyl (C=O) groups is 2. The van der Waals surface area contributed by atoms with Crippen LogP contribution < -0.4 is 5.32 Å². The van der Waals surface area contributed by atoms with Gasteiger partial charge in [-0.3, -0.25) is 4.79 Å². The van der Waals surface area contributed by atoms with Gasteiger partial charge in [-0.1, -0.05) is 65.1 Å². The van der Waals surface area contributed by atoms with Gasteiger partial charge in [-0.05, 0) is 67.4 Å². The van der Waals surface area contributed by atoms with Crippen LogP contribution >= 0.6 is 34.8 Å². The first kappa shape index (κ1) is 26.0. The summed E-state index contributed by atoms with van der Waals surface area (Å²) < 4.78 is 0. The number of benzene rings is 3. The number of rotatable bonds is 7. The van der Waals surface area contributed by atoms with Crippen molar-refractivity contribution in [1.82, 2.24) is 10.3 Å². The van der Waals surface area contributed by atoms with Gasteiger partial charge in [0.2, 0.25) is 5.91 Å². The van der Waals surface area contributed by atoms with Gasteiger partial charge >= 0.3 is 5.97 Å². The molecule has 36 heavy (non-hydrogen) atoms. The van der Waals surface area contributed by atoms with Crippen LogP contribution in [0.1, 0.15) is 25.0 Å². The number of aromatic nitrogens is 1.